The summed E-state index contributed by atoms with van der Waals surface area (Å²) in [6.07, 6.45) is -0.170. The smallest absolute Gasteiger partial charge is 0.337 e. The van der Waals surface area contributed by atoms with E-state index in [-0.39, 0.29) is 23.6 Å². The molecule has 2 aromatic carbocycles. The minimum atomic E-state index is -0.478. The second-order valence-electron chi connectivity index (χ2n) is 6.60. The van der Waals surface area contributed by atoms with Gasteiger partial charge in [-0.3, -0.25) is 9.59 Å². The number of halogens is 1. The molecular weight excluding hydrogens is 405 g/mol. The first-order valence-electron chi connectivity index (χ1n) is 9.16. The van der Waals surface area contributed by atoms with Crippen molar-refractivity contribution in [2.24, 2.45) is 0 Å². The quantitative estimate of drug-likeness (QED) is 0.477. The predicted octanol–water partition coefficient (Wildman–Crippen LogP) is 2.19. The van der Waals surface area contributed by atoms with Gasteiger partial charge in [0.2, 0.25) is 5.91 Å². The maximum atomic E-state index is 13.2. The van der Waals surface area contributed by atoms with Crippen molar-refractivity contribution < 1.29 is 18.7 Å². The number of nitrogens with one attached hydrogen (secondary N) is 2. The molecule has 0 unspecified atom stereocenters. The maximum absolute atomic E-state index is 13.2. The number of hydrogen-bond acceptors (Lipinski definition) is 6. The first-order chi connectivity index (χ1) is 14.9. The third-order valence-electron chi connectivity index (χ3n) is 4.52. The molecule has 9 nitrogen and oxygen atoms in total. The number of carbonyl (C=O) groups is 2. The Balaban J connectivity index is 1.57. The van der Waals surface area contributed by atoms with Crippen LogP contribution in [-0.4, -0.2) is 38.8 Å². The summed E-state index contributed by atoms with van der Waals surface area (Å²) in [6, 6.07) is 13.4. The number of benzene rings is 2. The van der Waals surface area contributed by atoms with E-state index >= 15 is 0 Å². The van der Waals surface area contributed by atoms with Crippen LogP contribution in [0.4, 0.5) is 10.1 Å². The van der Waals surface area contributed by atoms with Gasteiger partial charge in [0.25, 0.3) is 5.56 Å². The summed E-state index contributed by atoms with van der Waals surface area (Å²) >= 11 is 0. The molecule has 156 valence electrons. The molecule has 0 spiro atoms. The molecule has 0 saturated carbocycles. The average molecular weight is 421 g/mol. The minimum absolute atomic E-state index is 0.170. The Morgan fingerprint density at radius 2 is 1.84 bits per heavy atom. The highest BCUT2D eigenvalue weighted by molar-refractivity contribution is 5.93. The number of ether oxygens (including phenoxy) is 1. The van der Waals surface area contributed by atoms with Gasteiger partial charge in [0, 0.05) is 11.3 Å². The van der Waals surface area contributed by atoms with Crippen molar-refractivity contribution in [1.29, 1.82) is 0 Å². The van der Waals surface area contributed by atoms with E-state index in [0.717, 1.165) is 0 Å². The predicted molar refractivity (Wildman–Crippen MR) is 109 cm³/mol. The fraction of sp³-hybridized carbons (Fsp3) is 0.0952. The molecule has 0 fully saturated rings. The zero-order valence-corrected chi connectivity index (χ0v) is 16.3. The molecule has 4 aromatic rings. The maximum Gasteiger partial charge on any atom is 0.337 e. The lowest BCUT2D eigenvalue weighted by molar-refractivity contribution is -0.115. The Morgan fingerprint density at radius 1 is 1.13 bits per heavy atom. The molecule has 2 heterocycles. The topological polar surface area (TPSA) is 118 Å². The van der Waals surface area contributed by atoms with Crippen molar-refractivity contribution in [3.63, 3.8) is 0 Å². The Labute approximate surface area is 174 Å². The van der Waals surface area contributed by atoms with E-state index in [1.54, 1.807) is 30.3 Å². The fourth-order valence-corrected chi connectivity index (χ4v) is 2.99. The minimum Gasteiger partial charge on any atom is -0.465 e. The lowest BCUT2D eigenvalue weighted by Gasteiger charge is -2.06. The van der Waals surface area contributed by atoms with Gasteiger partial charge in [-0.25, -0.2) is 18.8 Å². The Morgan fingerprint density at radius 3 is 2.52 bits per heavy atom. The van der Waals surface area contributed by atoms with Crippen LogP contribution in [0.25, 0.3) is 16.8 Å². The highest BCUT2D eigenvalue weighted by Gasteiger charge is 2.15. The van der Waals surface area contributed by atoms with E-state index in [1.165, 1.54) is 35.9 Å². The number of fused-ring (bicyclic) bond motifs is 1. The molecular formula is C21H16FN5O4. The summed E-state index contributed by atoms with van der Waals surface area (Å²) in [7, 11) is 1.28. The van der Waals surface area contributed by atoms with Crippen LogP contribution in [0.5, 0.6) is 0 Å². The zero-order valence-electron chi connectivity index (χ0n) is 16.3. The van der Waals surface area contributed by atoms with Crippen molar-refractivity contribution in [3.8, 4) is 11.3 Å². The van der Waals surface area contributed by atoms with Crippen molar-refractivity contribution in [1.82, 2.24) is 19.8 Å². The highest BCUT2D eigenvalue weighted by Crippen LogP contribution is 2.19. The van der Waals surface area contributed by atoms with Gasteiger partial charge in [-0.2, -0.15) is 10.2 Å². The molecule has 0 aliphatic rings. The van der Waals surface area contributed by atoms with Crippen LogP contribution in [-0.2, 0) is 16.0 Å². The summed E-state index contributed by atoms with van der Waals surface area (Å²) in [5.74, 6) is -1.05. The van der Waals surface area contributed by atoms with E-state index in [2.05, 4.69) is 25.3 Å². The number of aromatic amines is 1. The number of amides is 1. The molecule has 2 N–H and O–H groups in total. The van der Waals surface area contributed by atoms with Crippen LogP contribution in [0.1, 0.15) is 16.2 Å². The van der Waals surface area contributed by atoms with Gasteiger partial charge in [0.1, 0.15) is 11.3 Å². The van der Waals surface area contributed by atoms with Crippen molar-refractivity contribution in [3.05, 3.63) is 82.2 Å². The number of hydrogen-bond donors (Lipinski definition) is 2. The molecule has 0 aliphatic heterocycles. The van der Waals surface area contributed by atoms with Crippen LogP contribution in [0.2, 0.25) is 0 Å². The summed E-state index contributed by atoms with van der Waals surface area (Å²) in [5.41, 5.74) is 1.63. The summed E-state index contributed by atoms with van der Waals surface area (Å²) in [5, 5.41) is 13.3. The first kappa shape index (κ1) is 20.0. The summed E-state index contributed by atoms with van der Waals surface area (Å²) in [4.78, 5) is 36.1. The van der Waals surface area contributed by atoms with E-state index in [1.807, 2.05) is 0 Å². The molecule has 1 amide bonds. The monoisotopic (exact) mass is 421 g/mol. The van der Waals surface area contributed by atoms with Crippen LogP contribution >= 0.6 is 0 Å². The molecule has 4 rings (SSSR count). The second kappa shape index (κ2) is 8.19. The van der Waals surface area contributed by atoms with Crippen LogP contribution in [0.3, 0.4) is 0 Å². The van der Waals surface area contributed by atoms with E-state index < -0.39 is 17.4 Å². The average Bonchev–Trinajstić information content (AvgIpc) is 3.23. The van der Waals surface area contributed by atoms with Gasteiger partial charge in [-0.15, -0.1) is 0 Å². The van der Waals surface area contributed by atoms with E-state index in [0.29, 0.717) is 22.5 Å². The van der Waals surface area contributed by atoms with E-state index in [4.69, 9.17) is 0 Å². The molecule has 0 atom stereocenters. The standard InChI is InChI=1S/C21H16FN5O4/c1-31-21(30)13-4-8-15(9-5-13)23-19(28)11-18-24-25-20(29)17-10-16(26-27(17)18)12-2-6-14(22)7-3-12/h2-10H,11H2,1H3,(H,23,28)(H,25,29). The molecule has 0 aliphatic carbocycles. The fourth-order valence-electron chi connectivity index (χ4n) is 2.99. The van der Waals surface area contributed by atoms with Crippen LogP contribution in [0, 0.1) is 5.82 Å². The largest absolute Gasteiger partial charge is 0.465 e. The third-order valence-corrected chi connectivity index (χ3v) is 4.52. The number of carbonyl (C=O) groups excluding carboxylic acids is 2. The molecule has 0 radical (unpaired) electrons. The van der Waals surface area contributed by atoms with Gasteiger partial charge in [-0.1, -0.05) is 0 Å². The Bertz CT molecular complexity index is 1330. The second-order valence-corrected chi connectivity index (χ2v) is 6.60. The van der Waals surface area contributed by atoms with Gasteiger partial charge >= 0.3 is 5.97 Å². The summed E-state index contributed by atoms with van der Waals surface area (Å²) in [6.45, 7) is 0. The highest BCUT2D eigenvalue weighted by atomic mass is 19.1. The van der Waals surface area contributed by atoms with Crippen molar-refractivity contribution >= 4 is 23.1 Å². The molecule has 10 heteroatoms. The lowest BCUT2D eigenvalue weighted by Crippen LogP contribution is -2.22. The van der Waals surface area contributed by atoms with Crippen molar-refractivity contribution in [2.45, 2.75) is 6.42 Å². The number of aromatic nitrogens is 4. The normalized spacial score (nSPS) is 10.8. The van der Waals surface area contributed by atoms with Crippen molar-refractivity contribution in [2.75, 3.05) is 12.4 Å². The van der Waals surface area contributed by atoms with E-state index in [9.17, 15) is 18.8 Å². The van der Waals surface area contributed by atoms with Crippen LogP contribution in [0.15, 0.2) is 59.4 Å². The number of anilines is 1. The zero-order chi connectivity index (χ0) is 22.0. The van der Waals surface area contributed by atoms with Gasteiger partial charge < -0.3 is 10.1 Å². The van der Waals surface area contributed by atoms with Gasteiger partial charge in [0.15, 0.2) is 5.82 Å². The number of nitrogens with zero attached hydrogens (tertiary/aromatic N) is 3. The molecule has 2 aromatic heterocycles. The molecule has 31 heavy (non-hydrogen) atoms. The summed E-state index contributed by atoms with van der Waals surface area (Å²) < 4.78 is 19.1. The van der Waals surface area contributed by atoms with Crippen LogP contribution < -0.4 is 10.9 Å². The number of methoxy groups -OCH3 is 1. The third kappa shape index (κ3) is 4.17. The number of H-pyrrole nitrogens is 1. The van der Waals surface area contributed by atoms with Gasteiger partial charge in [0.05, 0.1) is 24.8 Å². The first-order valence-corrected chi connectivity index (χ1v) is 9.16. The number of esters is 1. The lowest BCUT2D eigenvalue weighted by atomic mass is 10.1. The Hall–Kier alpha value is -4.34. The Kier molecular flexibility index (Phi) is 5.27. The SMILES string of the molecule is COC(=O)c1ccc(NC(=O)Cc2n[nH]c(=O)c3cc(-c4ccc(F)cc4)nn23)cc1. The molecule has 0 bridgehead atoms. The molecule has 0 saturated heterocycles. The number of rotatable bonds is 5. The van der Waals surface area contributed by atoms with Gasteiger partial charge in [-0.05, 0) is 54.6 Å².